The number of aryl methyl sites for hydroxylation is 2. The molecule has 1 aromatic carbocycles. The summed E-state index contributed by atoms with van der Waals surface area (Å²) in [6.45, 7) is 4.14. The van der Waals surface area contributed by atoms with E-state index in [0.717, 1.165) is 23.1 Å². The van der Waals surface area contributed by atoms with Crippen LogP contribution >= 0.6 is 0 Å². The Morgan fingerprint density at radius 3 is 2.77 bits per heavy atom. The molecule has 26 heavy (non-hydrogen) atoms. The number of nitrogens with one attached hydrogen (secondary N) is 1. The van der Waals surface area contributed by atoms with Crippen molar-refractivity contribution < 1.29 is 24.3 Å². The molecule has 0 atom stereocenters. The Balaban J connectivity index is 1.75. The predicted octanol–water partition coefficient (Wildman–Crippen LogP) is 2.21. The third-order valence-electron chi connectivity index (χ3n) is 3.93. The van der Waals surface area contributed by atoms with Gasteiger partial charge in [0.05, 0.1) is 31.2 Å². The topological polar surface area (TPSA) is 123 Å². The highest BCUT2D eigenvalue weighted by Gasteiger charge is 2.16. The second kappa shape index (κ2) is 6.79. The molecule has 0 unspecified atom stereocenters. The Labute approximate surface area is 148 Å². The quantitative estimate of drug-likeness (QED) is 0.598. The summed E-state index contributed by atoms with van der Waals surface area (Å²) in [5, 5.41) is 30.1. The summed E-state index contributed by atoms with van der Waals surface area (Å²) >= 11 is 0. The van der Waals surface area contributed by atoms with Crippen molar-refractivity contribution >= 4 is 11.6 Å². The molecular weight excluding hydrogens is 340 g/mol. The third-order valence-corrected chi connectivity index (χ3v) is 3.93. The van der Waals surface area contributed by atoms with Crippen LogP contribution in [0, 0.1) is 13.8 Å². The van der Waals surface area contributed by atoms with Crippen molar-refractivity contribution in [3.8, 4) is 17.2 Å². The number of aromatic hydroxyl groups is 2. The average Bonchev–Trinajstić information content (AvgIpc) is 3.18. The van der Waals surface area contributed by atoms with Crippen molar-refractivity contribution in [1.82, 2.24) is 14.9 Å². The van der Waals surface area contributed by atoms with Crippen molar-refractivity contribution in [2.45, 2.75) is 20.4 Å². The number of aromatic nitrogens is 3. The molecule has 3 N–H and O–H groups in total. The number of ether oxygens (including phenoxy) is 1. The van der Waals surface area contributed by atoms with Gasteiger partial charge in [-0.05, 0) is 26.0 Å². The fraction of sp³-hybridized carbons (Fsp3) is 0.235. The highest BCUT2D eigenvalue weighted by Crippen LogP contribution is 2.36. The monoisotopic (exact) mass is 358 g/mol. The van der Waals surface area contributed by atoms with Gasteiger partial charge in [0.25, 0.3) is 5.91 Å². The van der Waals surface area contributed by atoms with Crippen LogP contribution in [-0.2, 0) is 6.54 Å². The number of phenolic OH excluding ortho intramolecular Hbond substituents is 2. The first-order valence-corrected chi connectivity index (χ1v) is 7.74. The van der Waals surface area contributed by atoms with Crippen molar-refractivity contribution in [2.24, 2.45) is 0 Å². The lowest BCUT2D eigenvalue weighted by atomic mass is 10.1. The van der Waals surface area contributed by atoms with Crippen LogP contribution in [0.5, 0.6) is 17.2 Å². The maximum Gasteiger partial charge on any atom is 0.256 e. The van der Waals surface area contributed by atoms with Gasteiger partial charge in [-0.2, -0.15) is 5.10 Å². The minimum Gasteiger partial charge on any atom is -0.504 e. The SMILES string of the molecule is COc1cc(C(=O)Nc2cnn(Cc3c(C)noc3C)c2)cc(O)c1O. The van der Waals surface area contributed by atoms with Crippen LogP contribution in [0.25, 0.3) is 0 Å². The molecule has 0 aliphatic heterocycles. The first kappa shape index (κ1) is 17.3. The molecule has 0 aliphatic rings. The van der Waals surface area contributed by atoms with Crippen LogP contribution in [-0.4, -0.2) is 38.2 Å². The Morgan fingerprint density at radius 1 is 1.35 bits per heavy atom. The van der Waals surface area contributed by atoms with E-state index in [2.05, 4.69) is 15.6 Å². The number of carbonyl (C=O) groups is 1. The highest BCUT2D eigenvalue weighted by molar-refractivity contribution is 6.04. The molecule has 0 saturated carbocycles. The summed E-state index contributed by atoms with van der Waals surface area (Å²) in [7, 11) is 1.33. The van der Waals surface area contributed by atoms with Gasteiger partial charge in [-0.15, -0.1) is 0 Å². The number of hydrogen-bond acceptors (Lipinski definition) is 7. The molecule has 3 rings (SSSR count). The molecule has 9 nitrogen and oxygen atoms in total. The first-order chi connectivity index (χ1) is 12.4. The van der Waals surface area contributed by atoms with Gasteiger partial charge < -0.3 is 24.8 Å². The van der Waals surface area contributed by atoms with Crippen LogP contribution in [0.1, 0.15) is 27.4 Å². The Bertz CT molecular complexity index is 941. The molecule has 0 radical (unpaired) electrons. The minimum absolute atomic E-state index is 0.00394. The van der Waals surface area contributed by atoms with Gasteiger partial charge in [-0.25, -0.2) is 0 Å². The van der Waals surface area contributed by atoms with Crippen LogP contribution < -0.4 is 10.1 Å². The molecule has 0 aliphatic carbocycles. The lowest BCUT2D eigenvalue weighted by Gasteiger charge is -2.08. The molecule has 0 bridgehead atoms. The smallest absolute Gasteiger partial charge is 0.256 e. The van der Waals surface area contributed by atoms with Crippen LogP contribution in [0.15, 0.2) is 29.0 Å². The molecule has 3 aromatic rings. The van der Waals surface area contributed by atoms with Gasteiger partial charge in [0.15, 0.2) is 11.5 Å². The van der Waals surface area contributed by atoms with Gasteiger partial charge in [-0.3, -0.25) is 9.48 Å². The predicted molar refractivity (Wildman–Crippen MR) is 91.6 cm³/mol. The van der Waals surface area contributed by atoms with Gasteiger partial charge >= 0.3 is 0 Å². The van der Waals surface area contributed by atoms with E-state index >= 15 is 0 Å². The molecule has 2 heterocycles. The summed E-state index contributed by atoms with van der Waals surface area (Å²) < 4.78 is 11.7. The van der Waals surface area contributed by atoms with Gasteiger partial charge in [0.1, 0.15) is 5.76 Å². The zero-order valence-electron chi connectivity index (χ0n) is 14.5. The van der Waals surface area contributed by atoms with Gasteiger partial charge in [0, 0.05) is 17.3 Å². The first-order valence-electron chi connectivity index (χ1n) is 7.74. The van der Waals surface area contributed by atoms with E-state index in [1.54, 1.807) is 10.9 Å². The summed E-state index contributed by atoms with van der Waals surface area (Å²) in [4.78, 5) is 12.4. The Morgan fingerprint density at radius 2 is 2.12 bits per heavy atom. The number of amides is 1. The number of rotatable bonds is 5. The molecule has 0 saturated heterocycles. The summed E-state index contributed by atoms with van der Waals surface area (Å²) in [6, 6.07) is 2.49. The number of hydrogen-bond donors (Lipinski definition) is 3. The van der Waals surface area contributed by atoms with E-state index in [9.17, 15) is 15.0 Å². The number of methoxy groups -OCH3 is 1. The second-order valence-corrected chi connectivity index (χ2v) is 5.73. The average molecular weight is 358 g/mol. The molecule has 0 fully saturated rings. The van der Waals surface area contributed by atoms with E-state index in [1.165, 1.54) is 19.4 Å². The molecule has 1 amide bonds. The van der Waals surface area contributed by atoms with E-state index in [4.69, 9.17) is 9.26 Å². The fourth-order valence-corrected chi connectivity index (χ4v) is 2.49. The van der Waals surface area contributed by atoms with Crippen molar-refractivity contribution in [3.63, 3.8) is 0 Å². The standard InChI is InChI=1S/C17H18N4O5/c1-9-13(10(2)26-20-9)8-21-7-12(6-18-21)19-17(24)11-4-14(22)16(23)15(5-11)25-3/h4-7,22-23H,8H2,1-3H3,(H,19,24). The number of phenols is 2. The number of nitrogens with zero attached hydrogens (tertiary/aromatic N) is 3. The largest absolute Gasteiger partial charge is 0.504 e. The fourth-order valence-electron chi connectivity index (χ4n) is 2.49. The summed E-state index contributed by atoms with van der Waals surface area (Å²) in [5.74, 6) is -0.616. The third kappa shape index (κ3) is 3.32. The van der Waals surface area contributed by atoms with Gasteiger partial charge in [-0.1, -0.05) is 5.16 Å². The zero-order valence-corrected chi connectivity index (χ0v) is 14.5. The van der Waals surface area contributed by atoms with E-state index < -0.39 is 17.4 Å². The van der Waals surface area contributed by atoms with Crippen molar-refractivity contribution in [1.29, 1.82) is 0 Å². The number of benzene rings is 1. The molecule has 9 heteroatoms. The van der Waals surface area contributed by atoms with Gasteiger partial charge in [0.2, 0.25) is 5.75 Å². The molecule has 2 aromatic heterocycles. The van der Waals surface area contributed by atoms with E-state index in [0.29, 0.717) is 12.2 Å². The minimum atomic E-state index is -0.476. The summed E-state index contributed by atoms with van der Waals surface area (Å²) in [6.07, 6.45) is 3.18. The summed E-state index contributed by atoms with van der Waals surface area (Å²) in [5.41, 5.74) is 2.33. The van der Waals surface area contributed by atoms with Crippen LogP contribution in [0.2, 0.25) is 0 Å². The Hall–Kier alpha value is -3.49. The maximum atomic E-state index is 12.4. The zero-order chi connectivity index (χ0) is 18.8. The Kier molecular flexibility index (Phi) is 4.53. The lowest BCUT2D eigenvalue weighted by molar-refractivity contribution is 0.102. The molecule has 136 valence electrons. The van der Waals surface area contributed by atoms with Crippen LogP contribution in [0.3, 0.4) is 0 Å². The van der Waals surface area contributed by atoms with Crippen molar-refractivity contribution in [2.75, 3.05) is 12.4 Å². The van der Waals surface area contributed by atoms with E-state index in [-0.39, 0.29) is 11.3 Å². The maximum absolute atomic E-state index is 12.4. The second-order valence-electron chi connectivity index (χ2n) is 5.73. The van der Waals surface area contributed by atoms with Crippen molar-refractivity contribution in [3.05, 3.63) is 47.1 Å². The number of anilines is 1. The highest BCUT2D eigenvalue weighted by atomic mass is 16.5. The van der Waals surface area contributed by atoms with Crippen LogP contribution in [0.4, 0.5) is 5.69 Å². The van der Waals surface area contributed by atoms with E-state index in [1.807, 2.05) is 13.8 Å². The lowest BCUT2D eigenvalue weighted by Crippen LogP contribution is -2.11. The normalized spacial score (nSPS) is 10.7. The molecular formula is C17H18N4O5. The number of carbonyl (C=O) groups excluding carboxylic acids is 1. The molecule has 0 spiro atoms.